The third-order valence-electron chi connectivity index (χ3n) is 5.92. The molecule has 0 aliphatic carbocycles. The van der Waals surface area contributed by atoms with Crippen LogP contribution in [0.25, 0.3) is 0 Å². The first kappa shape index (κ1) is 26.7. The van der Waals surface area contributed by atoms with Gasteiger partial charge >= 0.3 is 6.18 Å². The molecule has 2 aromatic rings. The van der Waals surface area contributed by atoms with E-state index in [4.69, 9.17) is 28.3 Å². The Labute approximate surface area is 205 Å². The number of aliphatic hydroxyl groups is 1. The molecule has 5 nitrogen and oxygen atoms in total. The minimum Gasteiger partial charge on any atom is -0.395 e. The monoisotopic (exact) mass is 521 g/mol. The molecule has 11 heteroatoms. The van der Waals surface area contributed by atoms with Gasteiger partial charge < -0.3 is 15.3 Å². The van der Waals surface area contributed by atoms with Gasteiger partial charge in [0, 0.05) is 38.1 Å². The number of likely N-dealkylation sites (N-methyl/N-ethyl adjacent to an activating group) is 1. The van der Waals surface area contributed by atoms with Crippen molar-refractivity contribution in [3.63, 3.8) is 0 Å². The molecule has 2 atom stereocenters. The van der Waals surface area contributed by atoms with Gasteiger partial charge in [0.15, 0.2) is 0 Å². The molecule has 34 heavy (non-hydrogen) atoms. The molecule has 1 fully saturated rings. The Bertz CT molecular complexity index is 1020. The number of hydrogen-bond donors (Lipinski definition) is 2. The van der Waals surface area contributed by atoms with E-state index in [1.165, 1.54) is 6.07 Å². The topological polar surface area (TPSA) is 55.8 Å². The highest BCUT2D eigenvalue weighted by molar-refractivity contribution is 6.42. The lowest BCUT2D eigenvalue weighted by atomic mass is 9.93. The number of carbonyl (C=O) groups excluding carboxylic acids is 1. The molecule has 3 rings (SSSR count). The molecule has 1 aliphatic rings. The molecule has 0 saturated carbocycles. The van der Waals surface area contributed by atoms with Crippen LogP contribution in [0, 0.1) is 5.82 Å². The summed E-state index contributed by atoms with van der Waals surface area (Å²) in [6.07, 6.45) is -4.76. The Morgan fingerprint density at radius 3 is 2.53 bits per heavy atom. The molecule has 1 unspecified atom stereocenters. The number of rotatable bonds is 8. The van der Waals surface area contributed by atoms with Crippen LogP contribution in [0.3, 0.4) is 0 Å². The highest BCUT2D eigenvalue weighted by Crippen LogP contribution is 2.35. The van der Waals surface area contributed by atoms with Crippen LogP contribution in [-0.2, 0) is 17.5 Å². The number of amides is 1. The van der Waals surface area contributed by atoms with Crippen molar-refractivity contribution in [3.05, 3.63) is 69.0 Å². The second-order valence-electron chi connectivity index (χ2n) is 8.27. The second-order valence-corrected chi connectivity index (χ2v) is 9.09. The van der Waals surface area contributed by atoms with Crippen molar-refractivity contribution < 1.29 is 27.5 Å². The van der Waals surface area contributed by atoms with Crippen molar-refractivity contribution >= 4 is 29.1 Å². The van der Waals surface area contributed by atoms with Crippen molar-refractivity contribution in [2.24, 2.45) is 0 Å². The van der Waals surface area contributed by atoms with Crippen molar-refractivity contribution in [1.29, 1.82) is 0 Å². The zero-order chi connectivity index (χ0) is 25.0. The van der Waals surface area contributed by atoms with E-state index in [0.29, 0.717) is 35.2 Å². The summed E-state index contributed by atoms with van der Waals surface area (Å²) in [6.45, 7) is 1.21. The Balaban J connectivity index is 1.82. The first-order valence-electron chi connectivity index (χ1n) is 10.6. The normalized spacial score (nSPS) is 18.7. The Morgan fingerprint density at radius 1 is 1.18 bits per heavy atom. The smallest absolute Gasteiger partial charge is 0.395 e. The van der Waals surface area contributed by atoms with Crippen LogP contribution in [0.4, 0.5) is 17.6 Å². The zero-order valence-electron chi connectivity index (χ0n) is 18.4. The molecule has 0 aromatic heterocycles. The van der Waals surface area contributed by atoms with Gasteiger partial charge in [-0.2, -0.15) is 13.2 Å². The maximum atomic E-state index is 14.1. The van der Waals surface area contributed by atoms with Gasteiger partial charge in [0.1, 0.15) is 5.82 Å². The first-order chi connectivity index (χ1) is 16.0. The summed E-state index contributed by atoms with van der Waals surface area (Å²) in [5.74, 6) is -1.62. The fourth-order valence-corrected chi connectivity index (χ4v) is 4.49. The molecule has 1 amide bonds. The lowest BCUT2D eigenvalue weighted by molar-refractivity contribution is -0.140. The van der Waals surface area contributed by atoms with Crippen LogP contribution < -0.4 is 5.32 Å². The molecule has 186 valence electrons. The molecule has 1 heterocycles. The number of alkyl halides is 3. The maximum Gasteiger partial charge on any atom is 0.419 e. The Hall–Kier alpha value is -1.91. The Morgan fingerprint density at radius 2 is 1.91 bits per heavy atom. The van der Waals surface area contributed by atoms with Gasteiger partial charge in [0.25, 0.3) is 0 Å². The molecule has 0 radical (unpaired) electrons. The van der Waals surface area contributed by atoms with E-state index in [1.54, 1.807) is 24.1 Å². The van der Waals surface area contributed by atoms with Gasteiger partial charge in [-0.3, -0.25) is 9.69 Å². The van der Waals surface area contributed by atoms with Crippen LogP contribution in [0.2, 0.25) is 10.0 Å². The summed E-state index contributed by atoms with van der Waals surface area (Å²) in [5, 5.41) is 12.5. The van der Waals surface area contributed by atoms with E-state index in [0.717, 1.165) is 17.7 Å². The third kappa shape index (κ3) is 6.40. The van der Waals surface area contributed by atoms with Gasteiger partial charge in [-0.25, -0.2) is 4.39 Å². The fourth-order valence-electron chi connectivity index (χ4n) is 4.19. The molecule has 1 saturated heterocycles. The number of nitrogens with zero attached hydrogens (tertiary/aromatic N) is 2. The quantitative estimate of drug-likeness (QED) is 0.404. The minimum absolute atomic E-state index is 0.0647. The highest BCUT2D eigenvalue weighted by atomic mass is 35.5. The van der Waals surface area contributed by atoms with Crippen molar-refractivity contribution in [2.75, 3.05) is 39.8 Å². The lowest BCUT2D eigenvalue weighted by Gasteiger charge is -2.29. The number of nitrogens with one attached hydrogen (secondary N) is 1. The average Bonchev–Trinajstić information content (AvgIpc) is 3.21. The molecule has 2 N–H and O–H groups in total. The third-order valence-corrected chi connectivity index (χ3v) is 6.65. The fraction of sp³-hybridized carbons (Fsp3) is 0.435. The summed E-state index contributed by atoms with van der Waals surface area (Å²) in [4.78, 5) is 16.3. The molecular formula is C23H25Cl2F4N3O2. The van der Waals surface area contributed by atoms with E-state index in [2.05, 4.69) is 5.32 Å². The summed E-state index contributed by atoms with van der Waals surface area (Å²) in [7, 11) is 1.78. The molecule has 2 aromatic carbocycles. The predicted molar refractivity (Wildman–Crippen MR) is 122 cm³/mol. The van der Waals surface area contributed by atoms with Gasteiger partial charge in [-0.15, -0.1) is 0 Å². The van der Waals surface area contributed by atoms with Crippen molar-refractivity contribution in [1.82, 2.24) is 15.1 Å². The summed E-state index contributed by atoms with van der Waals surface area (Å²) in [5.41, 5.74) is -0.0562. The number of likely N-dealkylation sites (tertiary alicyclic amines) is 1. The van der Waals surface area contributed by atoms with E-state index in [-0.39, 0.29) is 37.6 Å². The average molecular weight is 522 g/mol. The maximum absolute atomic E-state index is 14.1. The number of carbonyl (C=O) groups is 1. The van der Waals surface area contributed by atoms with E-state index < -0.39 is 17.6 Å². The van der Waals surface area contributed by atoms with Gasteiger partial charge in [-0.1, -0.05) is 35.3 Å². The summed E-state index contributed by atoms with van der Waals surface area (Å²) >= 11 is 12.3. The Kier molecular flexibility index (Phi) is 8.81. The SMILES string of the molecule is CN(Cc1ccc(C(F)(F)F)c(F)c1)C1CN(C(=O)CNCCO)C[C@@H]1c1ccc(Cl)c(Cl)c1. The second kappa shape index (κ2) is 11.2. The zero-order valence-corrected chi connectivity index (χ0v) is 19.9. The molecule has 0 bridgehead atoms. The van der Waals surface area contributed by atoms with Crippen LogP contribution >= 0.6 is 23.2 Å². The first-order valence-corrected chi connectivity index (χ1v) is 11.4. The van der Waals surface area contributed by atoms with Crippen LogP contribution in [0.1, 0.15) is 22.6 Å². The van der Waals surface area contributed by atoms with Crippen molar-refractivity contribution in [2.45, 2.75) is 24.7 Å². The van der Waals surface area contributed by atoms with Gasteiger partial charge in [0.2, 0.25) is 5.91 Å². The summed E-state index contributed by atoms with van der Waals surface area (Å²) in [6, 6.07) is 7.93. The van der Waals surface area contributed by atoms with Crippen LogP contribution in [0.15, 0.2) is 36.4 Å². The van der Waals surface area contributed by atoms with Crippen molar-refractivity contribution in [3.8, 4) is 0 Å². The highest BCUT2D eigenvalue weighted by Gasteiger charge is 2.39. The van der Waals surface area contributed by atoms with Crippen LogP contribution in [-0.4, -0.2) is 66.7 Å². The van der Waals surface area contributed by atoms with E-state index in [1.807, 2.05) is 11.0 Å². The standard InChI is InChI=1S/C23H25Cl2F4N3O2/c1-31(11-14-2-4-17(20(26)8-14)23(27,28)29)21-13-32(22(34)10-30-6-7-33)12-16(21)15-3-5-18(24)19(25)9-15/h2-5,8-9,16,21,30,33H,6-7,10-13H2,1H3/t16-,21?/m1/s1. The van der Waals surface area contributed by atoms with Crippen LogP contribution in [0.5, 0.6) is 0 Å². The summed E-state index contributed by atoms with van der Waals surface area (Å²) < 4.78 is 52.7. The van der Waals surface area contributed by atoms with E-state index >= 15 is 0 Å². The molecular weight excluding hydrogens is 497 g/mol. The molecule has 1 aliphatic heterocycles. The number of halogens is 6. The van der Waals surface area contributed by atoms with E-state index in [9.17, 15) is 22.4 Å². The van der Waals surface area contributed by atoms with Gasteiger partial charge in [-0.05, 0) is 42.4 Å². The van der Waals surface area contributed by atoms with Gasteiger partial charge in [0.05, 0.1) is 28.8 Å². The number of benzene rings is 2. The minimum atomic E-state index is -4.76. The molecule has 0 spiro atoms. The predicted octanol–water partition coefficient (Wildman–Crippen LogP) is 4.16. The number of aliphatic hydroxyl groups excluding tert-OH is 1. The largest absolute Gasteiger partial charge is 0.419 e. The lowest BCUT2D eigenvalue weighted by Crippen LogP contribution is -2.40. The number of hydrogen-bond acceptors (Lipinski definition) is 4.